The molecule has 0 heterocycles. The summed E-state index contributed by atoms with van der Waals surface area (Å²) in [7, 11) is 0. The zero-order chi connectivity index (χ0) is 14.6. The van der Waals surface area contributed by atoms with Crippen molar-refractivity contribution in [3.63, 3.8) is 0 Å². The molecule has 0 unspecified atom stereocenters. The van der Waals surface area contributed by atoms with Crippen LogP contribution in [0.4, 0.5) is 5.69 Å². The van der Waals surface area contributed by atoms with Gasteiger partial charge in [0.25, 0.3) is 0 Å². The Bertz CT molecular complexity index is 468. The molecular formula is C18H25NO. The van der Waals surface area contributed by atoms with Crippen LogP contribution in [-0.4, -0.2) is 5.91 Å². The van der Waals surface area contributed by atoms with Crippen molar-refractivity contribution in [3.8, 4) is 11.8 Å². The lowest BCUT2D eigenvalue weighted by Crippen LogP contribution is -2.06. The van der Waals surface area contributed by atoms with Crippen LogP contribution < -0.4 is 5.32 Å². The molecule has 2 nitrogen and oxygen atoms in total. The number of carbonyl (C=O) groups is 1. The van der Waals surface area contributed by atoms with Gasteiger partial charge in [0.05, 0.1) is 5.69 Å². The minimum atomic E-state index is -0.0600. The van der Waals surface area contributed by atoms with E-state index in [1.165, 1.54) is 45.4 Å². The quantitative estimate of drug-likeness (QED) is 0.563. The molecule has 0 fully saturated rings. The van der Waals surface area contributed by atoms with Crippen LogP contribution in [0.25, 0.3) is 0 Å². The molecule has 0 atom stereocenters. The van der Waals surface area contributed by atoms with Crippen LogP contribution in [0.15, 0.2) is 24.3 Å². The van der Waals surface area contributed by atoms with Crippen molar-refractivity contribution < 1.29 is 4.79 Å². The predicted octanol–water partition coefficient (Wildman–Crippen LogP) is 4.75. The van der Waals surface area contributed by atoms with Gasteiger partial charge in [0, 0.05) is 18.9 Å². The van der Waals surface area contributed by atoms with Gasteiger partial charge in [0.2, 0.25) is 5.91 Å². The largest absolute Gasteiger partial charge is 0.325 e. The molecule has 1 amide bonds. The van der Waals surface area contributed by atoms with E-state index in [1.54, 1.807) is 0 Å². The van der Waals surface area contributed by atoms with Crippen LogP contribution in [0.5, 0.6) is 0 Å². The van der Waals surface area contributed by atoms with E-state index in [4.69, 9.17) is 0 Å². The normalized spacial score (nSPS) is 9.70. The van der Waals surface area contributed by atoms with Gasteiger partial charge in [-0.15, -0.1) is 0 Å². The number of unbranched alkanes of at least 4 members (excludes halogenated alkanes) is 6. The zero-order valence-electron chi connectivity index (χ0n) is 12.7. The third kappa shape index (κ3) is 6.99. The van der Waals surface area contributed by atoms with Crippen molar-refractivity contribution >= 4 is 11.6 Å². The Balaban J connectivity index is 2.37. The highest BCUT2D eigenvalue weighted by Gasteiger charge is 1.99. The van der Waals surface area contributed by atoms with Crippen LogP contribution in [-0.2, 0) is 4.79 Å². The maximum atomic E-state index is 11.1. The van der Waals surface area contributed by atoms with Crippen molar-refractivity contribution in [3.05, 3.63) is 29.8 Å². The van der Waals surface area contributed by atoms with Gasteiger partial charge in [-0.3, -0.25) is 4.79 Å². The van der Waals surface area contributed by atoms with Crippen LogP contribution in [0.1, 0.15) is 64.4 Å². The molecule has 1 aromatic rings. The first kappa shape index (κ1) is 16.3. The fourth-order valence-corrected chi connectivity index (χ4v) is 2.04. The summed E-state index contributed by atoms with van der Waals surface area (Å²) < 4.78 is 0. The highest BCUT2D eigenvalue weighted by Crippen LogP contribution is 2.13. The summed E-state index contributed by atoms with van der Waals surface area (Å²) in [4.78, 5) is 11.1. The van der Waals surface area contributed by atoms with Crippen molar-refractivity contribution in [1.82, 2.24) is 0 Å². The van der Waals surface area contributed by atoms with Crippen LogP contribution >= 0.6 is 0 Å². The second-order valence-electron chi connectivity index (χ2n) is 5.05. The Morgan fingerprint density at radius 3 is 2.55 bits per heavy atom. The van der Waals surface area contributed by atoms with Gasteiger partial charge in [-0.1, -0.05) is 63.0 Å². The summed E-state index contributed by atoms with van der Waals surface area (Å²) >= 11 is 0. The summed E-state index contributed by atoms with van der Waals surface area (Å²) in [6.07, 6.45) is 8.66. The molecular weight excluding hydrogens is 246 g/mol. The fraction of sp³-hybridized carbons (Fsp3) is 0.500. The van der Waals surface area contributed by atoms with Gasteiger partial charge in [0.15, 0.2) is 0 Å². The number of amides is 1. The van der Waals surface area contributed by atoms with Gasteiger partial charge >= 0.3 is 0 Å². The van der Waals surface area contributed by atoms with E-state index in [-0.39, 0.29) is 5.91 Å². The molecule has 1 N–H and O–H groups in total. The SMILES string of the molecule is CCCCCCCCC#Cc1ccccc1NC(C)=O. The van der Waals surface area contributed by atoms with E-state index in [2.05, 4.69) is 24.1 Å². The van der Waals surface area contributed by atoms with Gasteiger partial charge in [0.1, 0.15) is 0 Å². The standard InChI is InChI=1S/C18H25NO/c1-3-4-5-6-7-8-9-10-13-17-14-11-12-15-18(17)19-16(2)20/h11-12,14-15H,3-9H2,1-2H3,(H,19,20). The smallest absolute Gasteiger partial charge is 0.221 e. The topological polar surface area (TPSA) is 29.1 Å². The Morgan fingerprint density at radius 1 is 1.10 bits per heavy atom. The van der Waals surface area contributed by atoms with Crippen molar-refractivity contribution in [2.75, 3.05) is 5.32 Å². The van der Waals surface area contributed by atoms with Gasteiger partial charge in [-0.25, -0.2) is 0 Å². The van der Waals surface area contributed by atoms with E-state index >= 15 is 0 Å². The summed E-state index contributed by atoms with van der Waals surface area (Å²) in [5.41, 5.74) is 1.70. The van der Waals surface area contributed by atoms with Crippen LogP contribution in [0, 0.1) is 11.8 Å². The lowest BCUT2D eigenvalue weighted by Gasteiger charge is -2.03. The molecule has 0 aliphatic rings. The van der Waals surface area contributed by atoms with Crippen molar-refractivity contribution in [2.24, 2.45) is 0 Å². The van der Waals surface area contributed by atoms with E-state index in [0.29, 0.717) is 0 Å². The Labute approximate surface area is 123 Å². The van der Waals surface area contributed by atoms with E-state index in [0.717, 1.165) is 17.7 Å². The maximum Gasteiger partial charge on any atom is 0.221 e. The van der Waals surface area contributed by atoms with E-state index in [1.807, 2.05) is 24.3 Å². The van der Waals surface area contributed by atoms with Crippen molar-refractivity contribution in [2.45, 2.75) is 58.8 Å². The van der Waals surface area contributed by atoms with Gasteiger partial charge < -0.3 is 5.32 Å². The number of benzene rings is 1. The number of carbonyl (C=O) groups excluding carboxylic acids is 1. The Kier molecular flexibility index (Phi) is 8.22. The molecule has 0 radical (unpaired) electrons. The van der Waals surface area contributed by atoms with Gasteiger partial charge in [-0.05, 0) is 18.6 Å². The first-order valence-corrected chi connectivity index (χ1v) is 7.59. The first-order chi connectivity index (χ1) is 9.74. The lowest BCUT2D eigenvalue weighted by molar-refractivity contribution is -0.114. The lowest BCUT2D eigenvalue weighted by atomic mass is 10.1. The average Bonchev–Trinajstić information content (AvgIpc) is 2.43. The molecule has 0 spiro atoms. The monoisotopic (exact) mass is 271 g/mol. The minimum absolute atomic E-state index is 0.0600. The number of anilines is 1. The third-order valence-corrected chi connectivity index (χ3v) is 3.12. The Hall–Kier alpha value is -1.75. The summed E-state index contributed by atoms with van der Waals surface area (Å²) in [6, 6.07) is 7.68. The minimum Gasteiger partial charge on any atom is -0.325 e. The highest BCUT2D eigenvalue weighted by atomic mass is 16.1. The number of hydrogen-bond donors (Lipinski definition) is 1. The number of para-hydroxylation sites is 1. The molecule has 0 bridgehead atoms. The average molecular weight is 271 g/mol. The second kappa shape index (κ2) is 10.1. The summed E-state index contributed by atoms with van der Waals surface area (Å²) in [6.45, 7) is 3.75. The molecule has 0 aliphatic heterocycles. The van der Waals surface area contributed by atoms with Crippen molar-refractivity contribution in [1.29, 1.82) is 0 Å². The third-order valence-electron chi connectivity index (χ3n) is 3.12. The maximum absolute atomic E-state index is 11.1. The fourth-order valence-electron chi connectivity index (χ4n) is 2.04. The molecule has 1 rings (SSSR count). The Morgan fingerprint density at radius 2 is 1.80 bits per heavy atom. The molecule has 0 aliphatic carbocycles. The molecule has 0 saturated heterocycles. The predicted molar refractivity (Wildman–Crippen MR) is 85.6 cm³/mol. The number of nitrogens with one attached hydrogen (secondary N) is 1. The molecule has 0 saturated carbocycles. The molecule has 1 aromatic carbocycles. The summed E-state index contributed by atoms with van der Waals surface area (Å²) in [5.74, 6) is 6.30. The van der Waals surface area contributed by atoms with E-state index < -0.39 is 0 Å². The van der Waals surface area contributed by atoms with Crippen LogP contribution in [0.3, 0.4) is 0 Å². The van der Waals surface area contributed by atoms with Gasteiger partial charge in [-0.2, -0.15) is 0 Å². The summed E-state index contributed by atoms with van der Waals surface area (Å²) in [5, 5.41) is 2.81. The molecule has 0 aromatic heterocycles. The number of hydrogen-bond acceptors (Lipinski definition) is 1. The molecule has 2 heteroatoms. The van der Waals surface area contributed by atoms with Crippen LogP contribution in [0.2, 0.25) is 0 Å². The van der Waals surface area contributed by atoms with E-state index in [9.17, 15) is 4.79 Å². The molecule has 108 valence electrons. The number of rotatable bonds is 7. The second-order valence-corrected chi connectivity index (χ2v) is 5.05. The highest BCUT2D eigenvalue weighted by molar-refractivity contribution is 5.90. The zero-order valence-corrected chi connectivity index (χ0v) is 12.7. The first-order valence-electron chi connectivity index (χ1n) is 7.59. The molecule has 20 heavy (non-hydrogen) atoms.